The fraction of sp³-hybridized carbons (Fsp3) is 0.522. The number of carbonyl (C=O) groups is 2. The minimum Gasteiger partial charge on any atom is -0.493 e. The van der Waals surface area contributed by atoms with E-state index in [4.69, 9.17) is 16.3 Å². The van der Waals surface area contributed by atoms with Gasteiger partial charge in [-0.15, -0.1) is 0 Å². The number of carbonyl (C=O) groups excluding carboxylic acids is 2. The molecule has 8 heteroatoms. The standard InChI is InChI=1S/C23H29ClN4O3/c24-18-6-4-7-19(14-18)31-17-23(15-21(29)27-11-2-1-3-12-27)9-5-13-28(16-23)22(30)20-8-10-25-26-20/h4,6-8,10,14H,1-3,5,9,11-13,15-17H2,(H,25,26)/t23-/m0/s1. The van der Waals surface area contributed by atoms with Gasteiger partial charge in [0.1, 0.15) is 11.4 Å². The molecule has 2 aliphatic rings. The van der Waals surface area contributed by atoms with Crippen molar-refractivity contribution in [1.29, 1.82) is 0 Å². The second-order valence-electron chi connectivity index (χ2n) is 8.66. The molecule has 0 aliphatic carbocycles. The molecule has 7 nitrogen and oxygen atoms in total. The van der Waals surface area contributed by atoms with Crippen molar-refractivity contribution in [3.63, 3.8) is 0 Å². The molecular formula is C23H29ClN4O3. The van der Waals surface area contributed by atoms with Crippen LogP contribution in [0.2, 0.25) is 5.02 Å². The van der Waals surface area contributed by atoms with Crippen LogP contribution in [-0.4, -0.2) is 64.6 Å². The SMILES string of the molecule is O=C(C[C@@]1(COc2cccc(Cl)c2)CCCN(C(=O)c2ccn[nH]2)C1)N1CCCCC1. The Balaban J connectivity index is 1.52. The highest BCUT2D eigenvalue weighted by atomic mass is 35.5. The number of ether oxygens (including phenoxy) is 1. The molecule has 31 heavy (non-hydrogen) atoms. The fourth-order valence-electron chi connectivity index (χ4n) is 4.61. The second-order valence-corrected chi connectivity index (χ2v) is 9.10. The number of piperidine rings is 2. The minimum atomic E-state index is -0.440. The number of H-pyrrole nitrogens is 1. The van der Waals surface area contributed by atoms with Crippen LogP contribution in [0, 0.1) is 5.41 Å². The summed E-state index contributed by atoms with van der Waals surface area (Å²) >= 11 is 6.11. The zero-order valence-corrected chi connectivity index (χ0v) is 18.4. The van der Waals surface area contributed by atoms with Gasteiger partial charge in [0.05, 0.1) is 6.61 Å². The Morgan fingerprint density at radius 3 is 2.65 bits per heavy atom. The van der Waals surface area contributed by atoms with Gasteiger partial charge in [-0.3, -0.25) is 14.7 Å². The lowest BCUT2D eigenvalue weighted by atomic mass is 9.77. The molecule has 2 aliphatic heterocycles. The maximum atomic E-state index is 13.2. The van der Waals surface area contributed by atoms with Crippen LogP contribution in [0.4, 0.5) is 0 Å². The first-order valence-corrected chi connectivity index (χ1v) is 11.4. The van der Waals surface area contributed by atoms with Crippen molar-refractivity contribution in [3.05, 3.63) is 47.2 Å². The Bertz CT molecular complexity index is 898. The smallest absolute Gasteiger partial charge is 0.271 e. The van der Waals surface area contributed by atoms with Crippen molar-refractivity contribution < 1.29 is 14.3 Å². The van der Waals surface area contributed by atoms with E-state index in [9.17, 15) is 9.59 Å². The summed E-state index contributed by atoms with van der Waals surface area (Å²) in [6.07, 6.45) is 6.91. The third-order valence-electron chi connectivity index (χ3n) is 6.26. The molecule has 2 saturated heterocycles. The number of hydrogen-bond donors (Lipinski definition) is 1. The van der Waals surface area contributed by atoms with Crippen molar-refractivity contribution >= 4 is 23.4 Å². The van der Waals surface area contributed by atoms with E-state index in [2.05, 4.69) is 10.2 Å². The molecule has 1 atom stereocenters. The lowest BCUT2D eigenvalue weighted by Gasteiger charge is -2.43. The van der Waals surface area contributed by atoms with Crippen molar-refractivity contribution in [1.82, 2.24) is 20.0 Å². The average Bonchev–Trinajstić information content (AvgIpc) is 3.33. The van der Waals surface area contributed by atoms with Gasteiger partial charge in [0.2, 0.25) is 5.91 Å². The summed E-state index contributed by atoms with van der Waals surface area (Å²) in [6.45, 7) is 3.14. The maximum absolute atomic E-state index is 13.2. The number of benzene rings is 1. The highest BCUT2D eigenvalue weighted by Gasteiger charge is 2.41. The number of halogens is 1. The lowest BCUT2D eigenvalue weighted by Crippen LogP contribution is -2.51. The molecule has 2 fully saturated rings. The van der Waals surface area contributed by atoms with Gasteiger partial charge >= 0.3 is 0 Å². The Labute approximate surface area is 187 Å². The number of aromatic nitrogens is 2. The number of amides is 2. The quantitative estimate of drug-likeness (QED) is 0.735. The van der Waals surface area contributed by atoms with Crippen molar-refractivity contribution in [2.75, 3.05) is 32.8 Å². The van der Waals surface area contributed by atoms with Crippen molar-refractivity contribution in [2.24, 2.45) is 5.41 Å². The van der Waals surface area contributed by atoms with Crippen LogP contribution in [0.5, 0.6) is 5.75 Å². The molecule has 3 heterocycles. The van der Waals surface area contributed by atoms with Gasteiger partial charge in [0.15, 0.2) is 0 Å². The highest BCUT2D eigenvalue weighted by molar-refractivity contribution is 6.30. The molecule has 0 spiro atoms. The Morgan fingerprint density at radius 2 is 1.90 bits per heavy atom. The molecular weight excluding hydrogens is 416 g/mol. The van der Waals surface area contributed by atoms with Gasteiger partial charge in [-0.05, 0) is 56.4 Å². The van der Waals surface area contributed by atoms with Crippen LogP contribution in [0.1, 0.15) is 49.0 Å². The summed E-state index contributed by atoms with van der Waals surface area (Å²) in [4.78, 5) is 29.9. The van der Waals surface area contributed by atoms with E-state index < -0.39 is 5.41 Å². The molecule has 4 rings (SSSR count). The molecule has 2 amide bonds. The minimum absolute atomic E-state index is 0.0882. The van der Waals surface area contributed by atoms with Crippen LogP contribution in [0.3, 0.4) is 0 Å². The third-order valence-corrected chi connectivity index (χ3v) is 6.49. The third kappa shape index (κ3) is 5.39. The Hall–Kier alpha value is -2.54. The molecule has 166 valence electrons. The summed E-state index contributed by atoms with van der Waals surface area (Å²) < 4.78 is 6.12. The number of likely N-dealkylation sites (tertiary alicyclic amines) is 2. The summed E-state index contributed by atoms with van der Waals surface area (Å²) in [7, 11) is 0. The normalized spacial score (nSPS) is 21.7. The van der Waals surface area contributed by atoms with E-state index >= 15 is 0 Å². The second kappa shape index (κ2) is 9.73. The van der Waals surface area contributed by atoms with E-state index in [1.807, 2.05) is 21.9 Å². The molecule has 0 bridgehead atoms. The van der Waals surface area contributed by atoms with Crippen LogP contribution < -0.4 is 4.74 Å². The van der Waals surface area contributed by atoms with E-state index in [0.29, 0.717) is 42.6 Å². The van der Waals surface area contributed by atoms with E-state index in [1.54, 1.807) is 24.4 Å². The summed E-state index contributed by atoms with van der Waals surface area (Å²) in [5.41, 5.74) is 0.0269. The molecule has 1 aromatic carbocycles. The fourth-order valence-corrected chi connectivity index (χ4v) is 4.79. The first kappa shape index (κ1) is 21.7. The number of nitrogens with one attached hydrogen (secondary N) is 1. The monoisotopic (exact) mass is 444 g/mol. The summed E-state index contributed by atoms with van der Waals surface area (Å²) in [5, 5.41) is 7.26. The van der Waals surface area contributed by atoms with Crippen LogP contribution >= 0.6 is 11.6 Å². The molecule has 1 aromatic heterocycles. The molecule has 2 aromatic rings. The zero-order valence-electron chi connectivity index (χ0n) is 17.7. The summed E-state index contributed by atoms with van der Waals surface area (Å²) in [6, 6.07) is 8.97. The first-order chi connectivity index (χ1) is 15.0. The number of hydrogen-bond acceptors (Lipinski definition) is 4. The number of nitrogens with zero attached hydrogens (tertiary/aromatic N) is 3. The Morgan fingerprint density at radius 1 is 1.10 bits per heavy atom. The average molecular weight is 445 g/mol. The van der Waals surface area contributed by atoms with E-state index in [0.717, 1.165) is 38.8 Å². The van der Waals surface area contributed by atoms with Gasteiger partial charge in [-0.25, -0.2) is 0 Å². The van der Waals surface area contributed by atoms with Crippen molar-refractivity contribution in [2.45, 2.75) is 38.5 Å². The number of rotatable bonds is 6. The predicted octanol–water partition coefficient (Wildman–Crippen LogP) is 3.77. The molecule has 0 radical (unpaired) electrons. The van der Waals surface area contributed by atoms with Gasteiger partial charge < -0.3 is 14.5 Å². The zero-order chi connectivity index (χ0) is 21.7. The van der Waals surface area contributed by atoms with Crippen LogP contribution in [0.15, 0.2) is 36.5 Å². The van der Waals surface area contributed by atoms with Crippen molar-refractivity contribution in [3.8, 4) is 5.75 Å². The van der Waals surface area contributed by atoms with Gasteiger partial charge in [0.25, 0.3) is 5.91 Å². The van der Waals surface area contributed by atoms with Crippen LogP contribution in [-0.2, 0) is 4.79 Å². The predicted molar refractivity (Wildman–Crippen MR) is 118 cm³/mol. The maximum Gasteiger partial charge on any atom is 0.271 e. The van der Waals surface area contributed by atoms with Gasteiger partial charge in [0, 0.05) is 49.2 Å². The first-order valence-electron chi connectivity index (χ1n) is 11.0. The van der Waals surface area contributed by atoms with Gasteiger partial charge in [-0.1, -0.05) is 17.7 Å². The molecule has 0 unspecified atom stereocenters. The Kier molecular flexibility index (Phi) is 6.80. The molecule has 1 N–H and O–H groups in total. The van der Waals surface area contributed by atoms with Gasteiger partial charge in [-0.2, -0.15) is 5.10 Å². The topological polar surface area (TPSA) is 78.5 Å². The summed E-state index contributed by atoms with van der Waals surface area (Å²) in [5.74, 6) is 0.745. The lowest BCUT2D eigenvalue weighted by molar-refractivity contribution is -0.136. The molecule has 0 saturated carbocycles. The number of aromatic amines is 1. The largest absolute Gasteiger partial charge is 0.493 e. The van der Waals surface area contributed by atoms with Crippen LogP contribution in [0.25, 0.3) is 0 Å². The van der Waals surface area contributed by atoms with E-state index in [-0.39, 0.29) is 11.8 Å². The highest BCUT2D eigenvalue weighted by Crippen LogP contribution is 2.36. The van der Waals surface area contributed by atoms with E-state index in [1.165, 1.54) is 6.42 Å².